The summed E-state index contributed by atoms with van der Waals surface area (Å²) in [6.45, 7) is 1.54. The summed E-state index contributed by atoms with van der Waals surface area (Å²) >= 11 is 6.17. The summed E-state index contributed by atoms with van der Waals surface area (Å²) in [5, 5.41) is 10.1. The maximum absolute atomic E-state index is 13.8. The molecule has 0 radical (unpaired) electrons. The molecule has 1 aliphatic carbocycles. The van der Waals surface area contributed by atoms with Gasteiger partial charge in [0.1, 0.15) is 24.1 Å². The van der Waals surface area contributed by atoms with Crippen molar-refractivity contribution in [2.45, 2.75) is 38.5 Å². The largest absolute Gasteiger partial charge is 0.471 e. The van der Waals surface area contributed by atoms with E-state index in [0.29, 0.717) is 18.7 Å². The predicted molar refractivity (Wildman–Crippen MR) is 120 cm³/mol. The van der Waals surface area contributed by atoms with Gasteiger partial charge in [0.2, 0.25) is 11.8 Å². The fraction of sp³-hybridized carbons (Fsp3) is 0.292. The molecule has 4 rings (SSSR count). The SMILES string of the molecule is Cc1nc(OCc2ccc(F)cc2F)c(Cl)c(=O)n1Cc1ccc(CC2(O)CC2C(N)=O)cc1. The van der Waals surface area contributed by atoms with E-state index in [1.54, 1.807) is 6.92 Å². The Morgan fingerprint density at radius 2 is 1.94 bits per heavy atom. The van der Waals surface area contributed by atoms with Crippen LogP contribution in [0, 0.1) is 24.5 Å². The van der Waals surface area contributed by atoms with E-state index in [1.807, 2.05) is 24.3 Å². The van der Waals surface area contributed by atoms with Crippen molar-refractivity contribution in [3.05, 3.63) is 92.0 Å². The number of halogens is 3. The summed E-state index contributed by atoms with van der Waals surface area (Å²) in [6, 6.07) is 10.3. The third-order valence-corrected chi connectivity index (χ3v) is 6.24. The highest BCUT2D eigenvalue weighted by molar-refractivity contribution is 6.31. The lowest BCUT2D eigenvalue weighted by atomic mass is 10.0. The summed E-state index contributed by atoms with van der Waals surface area (Å²) in [4.78, 5) is 28.3. The molecule has 0 spiro atoms. The van der Waals surface area contributed by atoms with Gasteiger partial charge in [-0.3, -0.25) is 14.2 Å². The topological polar surface area (TPSA) is 107 Å². The lowest BCUT2D eigenvalue weighted by Crippen LogP contribution is -2.25. The molecule has 1 heterocycles. The van der Waals surface area contributed by atoms with Gasteiger partial charge in [0.05, 0.1) is 18.1 Å². The molecule has 2 atom stereocenters. The quantitative estimate of drug-likeness (QED) is 0.506. The lowest BCUT2D eigenvalue weighted by Gasteiger charge is -2.14. The molecular formula is C24H22ClF2N3O4. The molecule has 178 valence electrons. The van der Waals surface area contributed by atoms with Gasteiger partial charge in [-0.25, -0.2) is 8.78 Å². The number of aliphatic hydroxyl groups is 1. The number of ether oxygens (including phenoxy) is 1. The highest BCUT2D eigenvalue weighted by atomic mass is 35.5. The average Bonchev–Trinajstić information content (AvgIpc) is 3.46. The van der Waals surface area contributed by atoms with Crippen molar-refractivity contribution in [1.29, 1.82) is 0 Å². The van der Waals surface area contributed by atoms with E-state index in [2.05, 4.69) is 4.98 Å². The van der Waals surface area contributed by atoms with Crippen molar-refractivity contribution in [2.75, 3.05) is 0 Å². The van der Waals surface area contributed by atoms with Gasteiger partial charge in [-0.2, -0.15) is 4.98 Å². The second-order valence-electron chi connectivity index (χ2n) is 8.45. The van der Waals surface area contributed by atoms with Crippen molar-refractivity contribution in [1.82, 2.24) is 9.55 Å². The number of aromatic nitrogens is 2. The summed E-state index contributed by atoms with van der Waals surface area (Å²) in [5.74, 6) is -2.31. The first kappa shape index (κ1) is 23.8. The third-order valence-electron chi connectivity index (χ3n) is 5.92. The van der Waals surface area contributed by atoms with Gasteiger partial charge in [0.25, 0.3) is 5.56 Å². The van der Waals surface area contributed by atoms with Gasteiger partial charge in [-0.1, -0.05) is 35.9 Å². The molecule has 0 saturated heterocycles. The normalized spacial score (nSPS) is 19.1. The molecule has 1 fully saturated rings. The number of aryl methyl sites for hydroxylation is 1. The number of hydrogen-bond acceptors (Lipinski definition) is 5. The fourth-order valence-corrected chi connectivity index (χ4v) is 4.03. The molecule has 1 aromatic heterocycles. The Morgan fingerprint density at radius 3 is 2.56 bits per heavy atom. The molecule has 0 aliphatic heterocycles. The number of nitrogens with zero attached hydrogens (tertiary/aromatic N) is 2. The molecule has 3 N–H and O–H groups in total. The second kappa shape index (κ2) is 9.15. The van der Waals surface area contributed by atoms with Crippen molar-refractivity contribution in [3.63, 3.8) is 0 Å². The maximum Gasteiger partial charge on any atom is 0.276 e. The van der Waals surface area contributed by atoms with Gasteiger partial charge >= 0.3 is 0 Å². The van der Waals surface area contributed by atoms with E-state index in [-0.39, 0.29) is 29.6 Å². The standard InChI is InChI=1S/C24H22ClF2N3O4/c1-13-29-22(34-12-16-6-7-17(26)8-19(16)27)20(25)23(32)30(13)11-15-4-2-14(3-5-15)9-24(33)10-18(24)21(28)31/h2-8,18,33H,9-12H2,1H3,(H2,28,31). The van der Waals surface area contributed by atoms with Crippen LogP contribution >= 0.6 is 11.6 Å². The molecule has 1 saturated carbocycles. The van der Waals surface area contributed by atoms with Crippen LogP contribution in [0.4, 0.5) is 8.78 Å². The number of carbonyl (C=O) groups excluding carboxylic acids is 1. The van der Waals surface area contributed by atoms with E-state index in [9.17, 15) is 23.5 Å². The van der Waals surface area contributed by atoms with E-state index < -0.39 is 34.6 Å². The first-order valence-electron chi connectivity index (χ1n) is 10.5. The van der Waals surface area contributed by atoms with E-state index in [4.69, 9.17) is 22.1 Å². The van der Waals surface area contributed by atoms with Gasteiger partial charge < -0.3 is 15.6 Å². The fourth-order valence-electron chi connectivity index (χ4n) is 3.83. The number of nitrogens with two attached hydrogens (primary N) is 1. The highest BCUT2D eigenvalue weighted by Gasteiger charge is 2.56. The zero-order valence-electron chi connectivity index (χ0n) is 18.2. The minimum absolute atomic E-state index is 0.0965. The minimum atomic E-state index is -1.09. The van der Waals surface area contributed by atoms with Crippen molar-refractivity contribution < 1.29 is 23.4 Å². The van der Waals surface area contributed by atoms with Crippen molar-refractivity contribution in [3.8, 4) is 5.88 Å². The first-order valence-corrected chi connectivity index (χ1v) is 10.9. The number of amides is 1. The summed E-state index contributed by atoms with van der Waals surface area (Å²) in [5.41, 5.74) is 5.38. The average molecular weight is 490 g/mol. The molecule has 7 nitrogen and oxygen atoms in total. The summed E-state index contributed by atoms with van der Waals surface area (Å²) in [7, 11) is 0. The Balaban J connectivity index is 1.46. The Hall–Kier alpha value is -3.30. The van der Waals surface area contributed by atoms with Crippen LogP contribution < -0.4 is 16.0 Å². The van der Waals surface area contributed by atoms with Crippen molar-refractivity contribution in [2.24, 2.45) is 11.7 Å². The second-order valence-corrected chi connectivity index (χ2v) is 8.83. The Kier molecular flexibility index (Phi) is 6.42. The van der Waals surface area contributed by atoms with Crippen LogP contribution in [-0.4, -0.2) is 26.2 Å². The molecule has 34 heavy (non-hydrogen) atoms. The van der Waals surface area contributed by atoms with Crippen LogP contribution in [0.2, 0.25) is 5.02 Å². The molecule has 2 unspecified atom stereocenters. The van der Waals surface area contributed by atoms with Gasteiger partial charge in [0, 0.05) is 18.1 Å². The van der Waals surface area contributed by atoms with Gasteiger partial charge in [0.15, 0.2) is 5.02 Å². The molecule has 3 aromatic rings. The minimum Gasteiger partial charge on any atom is -0.471 e. The molecule has 0 bridgehead atoms. The monoisotopic (exact) mass is 489 g/mol. The molecular weight excluding hydrogens is 468 g/mol. The third kappa shape index (κ3) is 4.95. The Labute approximate surface area is 198 Å². The van der Waals surface area contributed by atoms with Crippen LogP contribution in [0.15, 0.2) is 47.3 Å². The zero-order chi connectivity index (χ0) is 24.6. The van der Waals surface area contributed by atoms with Crippen LogP contribution in [-0.2, 0) is 24.4 Å². The zero-order valence-corrected chi connectivity index (χ0v) is 19.0. The van der Waals surface area contributed by atoms with E-state index in [1.165, 1.54) is 10.6 Å². The summed E-state index contributed by atoms with van der Waals surface area (Å²) in [6.07, 6.45) is 0.666. The van der Waals surface area contributed by atoms with Crippen LogP contribution in [0.1, 0.15) is 28.9 Å². The van der Waals surface area contributed by atoms with Crippen molar-refractivity contribution >= 4 is 17.5 Å². The molecule has 1 amide bonds. The van der Waals surface area contributed by atoms with Crippen LogP contribution in [0.5, 0.6) is 5.88 Å². The Bertz CT molecular complexity index is 1310. The number of carbonyl (C=O) groups is 1. The first-order chi connectivity index (χ1) is 16.1. The summed E-state index contributed by atoms with van der Waals surface area (Å²) < 4.78 is 33.7. The molecule has 2 aromatic carbocycles. The predicted octanol–water partition coefficient (Wildman–Crippen LogP) is 2.89. The number of benzene rings is 2. The molecule has 1 aliphatic rings. The Morgan fingerprint density at radius 1 is 1.26 bits per heavy atom. The highest BCUT2D eigenvalue weighted by Crippen LogP contribution is 2.45. The van der Waals surface area contributed by atoms with Crippen LogP contribution in [0.3, 0.4) is 0 Å². The van der Waals surface area contributed by atoms with Gasteiger partial charge in [-0.05, 0) is 36.6 Å². The number of rotatable bonds is 8. The molecule has 10 heteroatoms. The van der Waals surface area contributed by atoms with Gasteiger partial charge in [-0.15, -0.1) is 0 Å². The van der Waals surface area contributed by atoms with Crippen LogP contribution in [0.25, 0.3) is 0 Å². The lowest BCUT2D eigenvalue weighted by molar-refractivity contribution is -0.120. The van der Waals surface area contributed by atoms with E-state index >= 15 is 0 Å². The maximum atomic E-state index is 13.8. The smallest absolute Gasteiger partial charge is 0.276 e. The number of primary amides is 1. The number of hydrogen-bond donors (Lipinski definition) is 2. The van der Waals surface area contributed by atoms with E-state index in [0.717, 1.165) is 23.3 Å².